The number of hydrogen-bond donors (Lipinski definition) is 2. The van der Waals surface area contributed by atoms with E-state index in [-0.39, 0.29) is 31.8 Å². The molecular formula is C10H13NO7. The maximum atomic E-state index is 11.1. The second-order valence-electron chi connectivity index (χ2n) is 3.48. The van der Waals surface area contributed by atoms with Crippen LogP contribution in [0.1, 0.15) is 6.42 Å². The molecule has 0 bridgehead atoms. The standard InChI is InChI=1S/C10H13NO7/c1-6(8(12)13)2-3-11-9(14)16-4-7-5-17-10(15)18-7/h7H,1-5H2,(H,11,14)(H,12,13). The lowest BCUT2D eigenvalue weighted by atomic mass is 10.2. The Morgan fingerprint density at radius 3 is 2.83 bits per heavy atom. The molecule has 1 atom stereocenters. The average molecular weight is 259 g/mol. The van der Waals surface area contributed by atoms with Gasteiger partial charge in [-0.25, -0.2) is 14.4 Å². The Hall–Kier alpha value is -2.25. The molecule has 0 saturated carbocycles. The van der Waals surface area contributed by atoms with Crippen molar-refractivity contribution >= 4 is 18.2 Å². The third-order valence-electron chi connectivity index (χ3n) is 2.05. The molecule has 1 saturated heterocycles. The molecule has 1 aliphatic rings. The number of nitrogens with one attached hydrogen (secondary N) is 1. The number of aliphatic carboxylic acids is 1. The second-order valence-corrected chi connectivity index (χ2v) is 3.48. The van der Waals surface area contributed by atoms with Crippen LogP contribution in [0.4, 0.5) is 9.59 Å². The molecule has 8 nitrogen and oxygen atoms in total. The largest absolute Gasteiger partial charge is 0.508 e. The highest BCUT2D eigenvalue weighted by Gasteiger charge is 2.26. The van der Waals surface area contributed by atoms with Crippen LogP contribution in [0.5, 0.6) is 0 Å². The van der Waals surface area contributed by atoms with Gasteiger partial charge in [0, 0.05) is 12.1 Å². The smallest absolute Gasteiger partial charge is 0.478 e. The van der Waals surface area contributed by atoms with Crippen LogP contribution >= 0.6 is 0 Å². The number of hydrogen-bond acceptors (Lipinski definition) is 6. The fourth-order valence-electron chi connectivity index (χ4n) is 1.09. The monoisotopic (exact) mass is 259 g/mol. The van der Waals surface area contributed by atoms with Gasteiger partial charge in [0.25, 0.3) is 0 Å². The van der Waals surface area contributed by atoms with E-state index in [9.17, 15) is 14.4 Å². The van der Waals surface area contributed by atoms with Crippen molar-refractivity contribution in [3.8, 4) is 0 Å². The summed E-state index contributed by atoms with van der Waals surface area (Å²) < 4.78 is 13.8. The Labute approximate surface area is 102 Å². The fraction of sp³-hybridized carbons (Fsp3) is 0.500. The van der Waals surface area contributed by atoms with E-state index in [4.69, 9.17) is 9.84 Å². The lowest BCUT2D eigenvalue weighted by molar-refractivity contribution is -0.132. The molecule has 0 aromatic heterocycles. The molecule has 1 unspecified atom stereocenters. The van der Waals surface area contributed by atoms with E-state index >= 15 is 0 Å². The van der Waals surface area contributed by atoms with Gasteiger partial charge in [0.1, 0.15) is 13.2 Å². The predicted octanol–water partition coefficient (Wildman–Crippen LogP) is 0.279. The molecular weight excluding hydrogens is 246 g/mol. The van der Waals surface area contributed by atoms with Crippen LogP contribution in [0.2, 0.25) is 0 Å². The van der Waals surface area contributed by atoms with Gasteiger partial charge in [-0.05, 0) is 6.42 Å². The minimum absolute atomic E-state index is 0.00609. The molecule has 0 aromatic rings. The van der Waals surface area contributed by atoms with Crippen molar-refractivity contribution in [1.29, 1.82) is 0 Å². The van der Waals surface area contributed by atoms with Gasteiger partial charge in [-0.3, -0.25) is 0 Å². The summed E-state index contributed by atoms with van der Waals surface area (Å²) in [5.74, 6) is -1.11. The van der Waals surface area contributed by atoms with Crippen LogP contribution in [-0.4, -0.2) is 49.2 Å². The van der Waals surface area contributed by atoms with Gasteiger partial charge in [0.05, 0.1) is 0 Å². The molecule has 8 heteroatoms. The summed E-state index contributed by atoms with van der Waals surface area (Å²) in [7, 11) is 0. The molecule has 0 radical (unpaired) electrons. The first kappa shape index (κ1) is 13.8. The van der Waals surface area contributed by atoms with Gasteiger partial charge in [0.15, 0.2) is 6.10 Å². The third kappa shape index (κ3) is 4.73. The zero-order chi connectivity index (χ0) is 13.5. The SMILES string of the molecule is C=C(CCNC(=O)OCC1COC(=O)O1)C(=O)O. The highest BCUT2D eigenvalue weighted by Crippen LogP contribution is 2.06. The lowest BCUT2D eigenvalue weighted by Gasteiger charge is -2.09. The van der Waals surface area contributed by atoms with Crippen LogP contribution < -0.4 is 5.32 Å². The van der Waals surface area contributed by atoms with Gasteiger partial charge in [0.2, 0.25) is 0 Å². The number of cyclic esters (lactones) is 2. The second kappa shape index (κ2) is 6.48. The van der Waals surface area contributed by atoms with Crippen molar-refractivity contribution in [2.75, 3.05) is 19.8 Å². The van der Waals surface area contributed by atoms with E-state index < -0.39 is 24.3 Å². The Bertz CT molecular complexity index is 365. The number of carbonyl (C=O) groups is 3. The van der Waals surface area contributed by atoms with E-state index in [1.54, 1.807) is 0 Å². The fourth-order valence-corrected chi connectivity index (χ4v) is 1.09. The van der Waals surface area contributed by atoms with Gasteiger partial charge in [-0.15, -0.1) is 0 Å². The average Bonchev–Trinajstić information content (AvgIpc) is 2.72. The highest BCUT2D eigenvalue weighted by molar-refractivity contribution is 5.85. The zero-order valence-electron chi connectivity index (χ0n) is 9.51. The van der Waals surface area contributed by atoms with Crippen molar-refractivity contribution in [3.63, 3.8) is 0 Å². The van der Waals surface area contributed by atoms with Gasteiger partial charge in [-0.2, -0.15) is 0 Å². The topological polar surface area (TPSA) is 111 Å². The van der Waals surface area contributed by atoms with E-state index in [1.165, 1.54) is 0 Å². The Kier molecular flexibility index (Phi) is 4.97. The first-order chi connectivity index (χ1) is 8.49. The summed E-state index contributed by atoms with van der Waals surface area (Å²) in [4.78, 5) is 32.1. The van der Waals surface area contributed by atoms with Crippen molar-refractivity contribution in [2.24, 2.45) is 0 Å². The van der Waals surface area contributed by atoms with Crippen LogP contribution in [-0.2, 0) is 19.0 Å². The minimum Gasteiger partial charge on any atom is -0.478 e. The molecule has 0 spiro atoms. The van der Waals surface area contributed by atoms with Crippen LogP contribution in [0.15, 0.2) is 12.2 Å². The van der Waals surface area contributed by atoms with Gasteiger partial charge < -0.3 is 24.6 Å². The van der Waals surface area contributed by atoms with E-state index in [0.717, 1.165) is 0 Å². The number of carbonyl (C=O) groups excluding carboxylic acids is 2. The number of ether oxygens (including phenoxy) is 3. The molecule has 1 aliphatic heterocycles. The first-order valence-electron chi connectivity index (χ1n) is 5.14. The summed E-state index contributed by atoms with van der Waals surface area (Å²) in [5, 5.41) is 10.9. The molecule has 1 rings (SSSR count). The molecule has 100 valence electrons. The van der Waals surface area contributed by atoms with Gasteiger partial charge >= 0.3 is 18.2 Å². The van der Waals surface area contributed by atoms with Crippen LogP contribution in [0.25, 0.3) is 0 Å². The summed E-state index contributed by atoms with van der Waals surface area (Å²) >= 11 is 0. The third-order valence-corrected chi connectivity index (χ3v) is 2.05. The molecule has 18 heavy (non-hydrogen) atoms. The molecule has 1 amide bonds. The van der Waals surface area contributed by atoms with Crippen molar-refractivity contribution < 1.29 is 33.7 Å². The Morgan fingerprint density at radius 1 is 1.56 bits per heavy atom. The zero-order valence-corrected chi connectivity index (χ0v) is 9.51. The van der Waals surface area contributed by atoms with Crippen molar-refractivity contribution in [3.05, 3.63) is 12.2 Å². The molecule has 2 N–H and O–H groups in total. The summed E-state index contributed by atoms with van der Waals surface area (Å²) in [6.07, 6.45) is -2.00. The van der Waals surface area contributed by atoms with E-state index in [2.05, 4.69) is 21.4 Å². The predicted molar refractivity (Wildman–Crippen MR) is 57.0 cm³/mol. The van der Waals surface area contributed by atoms with Crippen LogP contribution in [0.3, 0.4) is 0 Å². The van der Waals surface area contributed by atoms with Gasteiger partial charge in [-0.1, -0.05) is 6.58 Å². The number of carboxylic acid groups (broad SMARTS) is 1. The maximum absolute atomic E-state index is 11.1. The molecule has 0 aliphatic carbocycles. The minimum atomic E-state index is -1.11. The van der Waals surface area contributed by atoms with E-state index in [0.29, 0.717) is 0 Å². The number of alkyl carbamates (subject to hydrolysis) is 1. The summed E-state index contributed by atoms with van der Waals surface area (Å²) in [6, 6.07) is 0. The summed E-state index contributed by atoms with van der Waals surface area (Å²) in [5.41, 5.74) is -0.00609. The normalized spacial score (nSPS) is 17.6. The van der Waals surface area contributed by atoms with Crippen molar-refractivity contribution in [2.45, 2.75) is 12.5 Å². The maximum Gasteiger partial charge on any atom is 0.508 e. The molecule has 1 fully saturated rings. The number of carboxylic acids is 1. The summed E-state index contributed by atoms with van der Waals surface area (Å²) in [6.45, 7) is 3.33. The molecule has 1 heterocycles. The lowest BCUT2D eigenvalue weighted by Crippen LogP contribution is -2.30. The van der Waals surface area contributed by atoms with Crippen molar-refractivity contribution in [1.82, 2.24) is 5.32 Å². The Morgan fingerprint density at radius 2 is 2.28 bits per heavy atom. The number of rotatable bonds is 6. The number of amides is 1. The van der Waals surface area contributed by atoms with E-state index in [1.807, 2.05) is 0 Å². The first-order valence-corrected chi connectivity index (χ1v) is 5.14. The Balaban J connectivity index is 2.09. The molecule has 0 aromatic carbocycles. The quantitative estimate of drug-likeness (QED) is 0.520. The highest BCUT2D eigenvalue weighted by atomic mass is 16.8. The van der Waals surface area contributed by atoms with Crippen LogP contribution in [0, 0.1) is 0 Å².